The molecule has 0 saturated heterocycles. The third kappa shape index (κ3) is 3.67. The van der Waals surface area contributed by atoms with E-state index in [1.54, 1.807) is 18.2 Å². The Morgan fingerprint density at radius 3 is 2.40 bits per heavy atom. The number of benzene rings is 2. The molecule has 1 N–H and O–H groups in total. The van der Waals surface area contributed by atoms with Gasteiger partial charge in [0.05, 0.1) is 6.61 Å². The minimum atomic E-state index is -0.856. The average Bonchev–Trinajstić information content (AvgIpc) is 2.39. The lowest BCUT2D eigenvalue weighted by Gasteiger charge is -2.17. The quantitative estimate of drug-likeness (QED) is 0.792. The number of aliphatic hydroxyl groups excluding tert-OH is 1. The normalized spacial score (nSPS) is 12.2. The molecule has 0 spiro atoms. The summed E-state index contributed by atoms with van der Waals surface area (Å²) in [6.45, 7) is 2.42. The van der Waals surface area contributed by atoms with E-state index in [0.29, 0.717) is 33.5 Å². The molecule has 2 rings (SSSR count). The summed E-state index contributed by atoms with van der Waals surface area (Å²) in [5, 5.41) is 11.5. The number of hydrogen-bond donors (Lipinski definition) is 1. The fraction of sp³-hybridized carbons (Fsp3) is 0.200. The Bertz CT molecular complexity index is 597. The SMILES string of the molecule is CCOc1ccc(Br)cc1C(O)c1cc(Cl)cc(Cl)c1. The number of rotatable bonds is 4. The van der Waals surface area contributed by atoms with E-state index >= 15 is 0 Å². The van der Waals surface area contributed by atoms with Crippen LogP contribution in [0.3, 0.4) is 0 Å². The molecule has 2 nitrogen and oxygen atoms in total. The highest BCUT2D eigenvalue weighted by molar-refractivity contribution is 9.10. The van der Waals surface area contributed by atoms with Crippen LogP contribution in [0.1, 0.15) is 24.2 Å². The van der Waals surface area contributed by atoms with Crippen LogP contribution in [0.5, 0.6) is 5.75 Å². The van der Waals surface area contributed by atoms with Gasteiger partial charge in [0.1, 0.15) is 11.9 Å². The summed E-state index contributed by atoms with van der Waals surface area (Å²) in [6.07, 6.45) is -0.856. The van der Waals surface area contributed by atoms with Crippen molar-refractivity contribution in [2.45, 2.75) is 13.0 Å². The van der Waals surface area contributed by atoms with E-state index in [-0.39, 0.29) is 0 Å². The van der Waals surface area contributed by atoms with Crippen LogP contribution in [0.15, 0.2) is 40.9 Å². The molecule has 1 unspecified atom stereocenters. The predicted octanol–water partition coefficient (Wildman–Crippen LogP) is 5.24. The molecular formula is C15H13BrCl2O2. The molecule has 106 valence electrons. The highest BCUT2D eigenvalue weighted by atomic mass is 79.9. The van der Waals surface area contributed by atoms with E-state index in [1.807, 2.05) is 25.1 Å². The molecule has 0 heterocycles. The van der Waals surface area contributed by atoms with Crippen molar-refractivity contribution in [2.24, 2.45) is 0 Å². The van der Waals surface area contributed by atoms with Crippen molar-refractivity contribution >= 4 is 39.1 Å². The number of hydrogen-bond acceptors (Lipinski definition) is 2. The minimum absolute atomic E-state index is 0.486. The monoisotopic (exact) mass is 374 g/mol. The van der Waals surface area contributed by atoms with Crippen molar-refractivity contribution in [1.29, 1.82) is 0 Å². The number of aliphatic hydroxyl groups is 1. The maximum atomic E-state index is 10.6. The maximum absolute atomic E-state index is 10.6. The Morgan fingerprint density at radius 1 is 1.15 bits per heavy atom. The molecule has 0 radical (unpaired) electrons. The van der Waals surface area contributed by atoms with Crippen LogP contribution in [-0.4, -0.2) is 11.7 Å². The van der Waals surface area contributed by atoms with Crippen LogP contribution in [0, 0.1) is 0 Å². The van der Waals surface area contributed by atoms with Crippen molar-refractivity contribution in [3.05, 3.63) is 62.0 Å². The third-order valence-electron chi connectivity index (χ3n) is 2.77. The van der Waals surface area contributed by atoms with Crippen LogP contribution in [0.4, 0.5) is 0 Å². The molecule has 0 aliphatic heterocycles. The number of halogens is 3. The van der Waals surface area contributed by atoms with E-state index in [4.69, 9.17) is 27.9 Å². The second kappa shape index (κ2) is 6.81. The van der Waals surface area contributed by atoms with Crippen LogP contribution >= 0.6 is 39.1 Å². The van der Waals surface area contributed by atoms with Gasteiger partial charge in [0.25, 0.3) is 0 Å². The molecule has 5 heteroatoms. The summed E-state index contributed by atoms with van der Waals surface area (Å²) < 4.78 is 6.41. The Hall–Kier alpha value is -0.740. The molecule has 20 heavy (non-hydrogen) atoms. The summed E-state index contributed by atoms with van der Waals surface area (Å²) in [6, 6.07) is 10.5. The summed E-state index contributed by atoms with van der Waals surface area (Å²) in [5.41, 5.74) is 1.29. The largest absolute Gasteiger partial charge is 0.493 e. The molecule has 2 aromatic rings. The lowest BCUT2D eigenvalue weighted by Crippen LogP contribution is -2.04. The first kappa shape index (κ1) is 15.6. The van der Waals surface area contributed by atoms with Crippen LogP contribution < -0.4 is 4.74 Å². The first-order chi connectivity index (χ1) is 9.51. The summed E-state index contributed by atoms with van der Waals surface area (Å²) in [5.74, 6) is 0.638. The van der Waals surface area contributed by atoms with Gasteiger partial charge < -0.3 is 9.84 Å². The summed E-state index contributed by atoms with van der Waals surface area (Å²) in [7, 11) is 0. The van der Waals surface area contributed by atoms with E-state index in [0.717, 1.165) is 4.47 Å². The Morgan fingerprint density at radius 2 is 1.80 bits per heavy atom. The van der Waals surface area contributed by atoms with Crippen LogP contribution in [-0.2, 0) is 0 Å². The zero-order valence-corrected chi connectivity index (χ0v) is 13.8. The van der Waals surface area contributed by atoms with Gasteiger partial charge in [-0.15, -0.1) is 0 Å². The first-order valence-electron chi connectivity index (χ1n) is 6.07. The average molecular weight is 376 g/mol. The van der Waals surface area contributed by atoms with Gasteiger partial charge in [-0.3, -0.25) is 0 Å². The third-order valence-corrected chi connectivity index (χ3v) is 3.70. The molecular weight excluding hydrogens is 363 g/mol. The van der Waals surface area contributed by atoms with Crippen molar-refractivity contribution < 1.29 is 9.84 Å². The predicted molar refractivity (Wildman–Crippen MR) is 85.8 cm³/mol. The Balaban J connectivity index is 2.46. The molecule has 0 aromatic heterocycles. The Kier molecular flexibility index (Phi) is 5.33. The van der Waals surface area contributed by atoms with Crippen molar-refractivity contribution in [1.82, 2.24) is 0 Å². The zero-order chi connectivity index (χ0) is 14.7. The van der Waals surface area contributed by atoms with Gasteiger partial charge >= 0.3 is 0 Å². The molecule has 0 aliphatic carbocycles. The van der Waals surface area contributed by atoms with Crippen LogP contribution in [0.25, 0.3) is 0 Å². The van der Waals surface area contributed by atoms with Gasteiger partial charge in [0.15, 0.2) is 0 Å². The summed E-state index contributed by atoms with van der Waals surface area (Å²) in [4.78, 5) is 0. The lowest BCUT2D eigenvalue weighted by molar-refractivity contribution is 0.212. The van der Waals surface area contributed by atoms with Crippen molar-refractivity contribution in [2.75, 3.05) is 6.61 Å². The van der Waals surface area contributed by atoms with Gasteiger partial charge in [-0.25, -0.2) is 0 Å². The highest BCUT2D eigenvalue weighted by Crippen LogP contribution is 2.34. The second-order valence-corrected chi connectivity index (χ2v) is 6.01. The van der Waals surface area contributed by atoms with Gasteiger partial charge in [-0.05, 0) is 48.9 Å². The Labute approximate surface area is 136 Å². The number of ether oxygens (including phenoxy) is 1. The van der Waals surface area contributed by atoms with Gasteiger partial charge in [0.2, 0.25) is 0 Å². The van der Waals surface area contributed by atoms with Gasteiger partial charge in [0, 0.05) is 20.1 Å². The van der Waals surface area contributed by atoms with Crippen LogP contribution in [0.2, 0.25) is 10.0 Å². The smallest absolute Gasteiger partial charge is 0.125 e. The van der Waals surface area contributed by atoms with E-state index in [1.165, 1.54) is 0 Å². The molecule has 2 aromatic carbocycles. The molecule has 0 saturated carbocycles. The first-order valence-corrected chi connectivity index (χ1v) is 7.62. The van der Waals surface area contributed by atoms with Crippen molar-refractivity contribution in [3.63, 3.8) is 0 Å². The van der Waals surface area contributed by atoms with E-state index in [9.17, 15) is 5.11 Å². The molecule has 0 aliphatic rings. The molecule has 0 amide bonds. The lowest BCUT2D eigenvalue weighted by atomic mass is 10.0. The van der Waals surface area contributed by atoms with Gasteiger partial charge in [-0.1, -0.05) is 39.1 Å². The van der Waals surface area contributed by atoms with E-state index in [2.05, 4.69) is 15.9 Å². The molecule has 0 bridgehead atoms. The zero-order valence-electron chi connectivity index (χ0n) is 10.7. The topological polar surface area (TPSA) is 29.5 Å². The molecule has 1 atom stereocenters. The maximum Gasteiger partial charge on any atom is 0.125 e. The fourth-order valence-corrected chi connectivity index (χ4v) is 2.85. The fourth-order valence-electron chi connectivity index (χ4n) is 1.93. The standard InChI is InChI=1S/C15H13BrCl2O2/c1-2-20-14-4-3-10(16)7-13(14)15(19)9-5-11(17)8-12(18)6-9/h3-8,15,19H,2H2,1H3. The van der Waals surface area contributed by atoms with Crippen molar-refractivity contribution in [3.8, 4) is 5.75 Å². The van der Waals surface area contributed by atoms with Gasteiger partial charge in [-0.2, -0.15) is 0 Å². The second-order valence-electron chi connectivity index (χ2n) is 4.22. The minimum Gasteiger partial charge on any atom is -0.493 e. The summed E-state index contributed by atoms with van der Waals surface area (Å²) >= 11 is 15.4. The van der Waals surface area contributed by atoms with E-state index < -0.39 is 6.10 Å². The highest BCUT2D eigenvalue weighted by Gasteiger charge is 2.17. The molecule has 0 fully saturated rings.